The lowest BCUT2D eigenvalue weighted by molar-refractivity contribution is 0.551. The maximum Gasteiger partial charge on any atom is 0.240 e. The molecular weight excluding hydrogens is 286 g/mol. The van der Waals surface area contributed by atoms with E-state index in [0.29, 0.717) is 24.4 Å². The molecule has 0 spiro atoms. The van der Waals surface area contributed by atoms with Gasteiger partial charge in [-0.25, -0.2) is 13.1 Å². The number of benzene rings is 1. The Balaban J connectivity index is 1.92. The van der Waals surface area contributed by atoms with Gasteiger partial charge in [0, 0.05) is 19.3 Å². The van der Waals surface area contributed by atoms with E-state index in [-0.39, 0.29) is 0 Å². The summed E-state index contributed by atoms with van der Waals surface area (Å²) in [5.74, 6) is 0. The molecule has 1 aromatic heterocycles. The Bertz CT molecular complexity index is 720. The lowest BCUT2D eigenvalue weighted by Gasteiger charge is -2.10. The Hall–Kier alpha value is -1.66. The number of rotatable bonds is 6. The second-order valence-electron chi connectivity index (χ2n) is 5.24. The summed E-state index contributed by atoms with van der Waals surface area (Å²) < 4.78 is 29.0. The summed E-state index contributed by atoms with van der Waals surface area (Å²) in [5, 5.41) is 4.27. The fraction of sp³-hybridized carbons (Fsp3) is 0.400. The van der Waals surface area contributed by atoms with Gasteiger partial charge in [0.2, 0.25) is 10.0 Å². The average Bonchev–Trinajstić information content (AvgIpc) is 2.80. The molecular formula is C15H21N3O2S. The maximum atomic E-state index is 12.2. The Labute approximate surface area is 126 Å². The van der Waals surface area contributed by atoms with Gasteiger partial charge >= 0.3 is 0 Å². The van der Waals surface area contributed by atoms with Crippen molar-refractivity contribution in [2.45, 2.75) is 38.6 Å². The van der Waals surface area contributed by atoms with Crippen LogP contribution in [-0.4, -0.2) is 24.7 Å². The predicted octanol–water partition coefficient (Wildman–Crippen LogP) is 2.18. The molecule has 21 heavy (non-hydrogen) atoms. The molecule has 1 N–H and O–H groups in total. The van der Waals surface area contributed by atoms with Gasteiger partial charge < -0.3 is 0 Å². The summed E-state index contributed by atoms with van der Waals surface area (Å²) >= 11 is 0. The van der Waals surface area contributed by atoms with Crippen LogP contribution in [0.2, 0.25) is 0 Å². The first kappa shape index (κ1) is 15.7. The highest BCUT2D eigenvalue weighted by Gasteiger charge is 2.15. The minimum atomic E-state index is -3.44. The summed E-state index contributed by atoms with van der Waals surface area (Å²) in [7, 11) is -3.44. The molecule has 0 radical (unpaired) electrons. The van der Waals surface area contributed by atoms with Crippen molar-refractivity contribution in [2.24, 2.45) is 0 Å². The van der Waals surface area contributed by atoms with Crippen molar-refractivity contribution in [2.75, 3.05) is 6.54 Å². The summed E-state index contributed by atoms with van der Waals surface area (Å²) in [4.78, 5) is 0.350. The molecule has 0 aliphatic heterocycles. The molecule has 0 saturated carbocycles. The molecule has 114 valence electrons. The van der Waals surface area contributed by atoms with Crippen molar-refractivity contribution in [1.29, 1.82) is 0 Å². The van der Waals surface area contributed by atoms with Crippen LogP contribution in [0.3, 0.4) is 0 Å². The lowest BCUT2D eigenvalue weighted by Crippen LogP contribution is -2.26. The number of aryl methyl sites for hydroxylation is 4. The van der Waals surface area contributed by atoms with Crippen molar-refractivity contribution >= 4 is 10.0 Å². The Morgan fingerprint density at radius 2 is 1.95 bits per heavy atom. The summed E-state index contributed by atoms with van der Waals surface area (Å²) in [6, 6.07) is 7.28. The second kappa shape index (κ2) is 6.41. The van der Waals surface area contributed by atoms with Gasteiger partial charge in [-0.15, -0.1) is 0 Å². The SMILES string of the molecule is Cc1ccc(S(=O)(=O)NCCCn2ccc(C)n2)c(C)c1. The molecule has 0 amide bonds. The van der Waals surface area contributed by atoms with Crippen molar-refractivity contribution < 1.29 is 8.42 Å². The number of nitrogens with one attached hydrogen (secondary N) is 1. The van der Waals surface area contributed by atoms with Gasteiger partial charge in [-0.2, -0.15) is 5.10 Å². The third-order valence-corrected chi connectivity index (χ3v) is 4.87. The fourth-order valence-corrected chi connectivity index (χ4v) is 3.51. The standard InChI is InChI=1S/C15H21N3O2S/c1-12-5-6-15(13(2)11-12)21(19,20)16-8-4-9-18-10-7-14(3)17-18/h5-7,10-11,16H,4,8-9H2,1-3H3. The third-order valence-electron chi connectivity index (χ3n) is 3.25. The third kappa shape index (κ3) is 4.15. The first-order chi connectivity index (χ1) is 9.88. The van der Waals surface area contributed by atoms with Gasteiger partial charge in [0.25, 0.3) is 0 Å². The summed E-state index contributed by atoms with van der Waals surface area (Å²) in [6.07, 6.45) is 2.60. The van der Waals surface area contributed by atoms with Gasteiger partial charge in [0.05, 0.1) is 10.6 Å². The van der Waals surface area contributed by atoms with Gasteiger partial charge in [-0.05, 0) is 44.9 Å². The molecule has 0 saturated heterocycles. The normalized spacial score (nSPS) is 11.8. The summed E-state index contributed by atoms with van der Waals surface area (Å²) in [6.45, 7) is 6.79. The molecule has 2 aromatic rings. The van der Waals surface area contributed by atoms with E-state index >= 15 is 0 Å². The van der Waals surface area contributed by atoms with Crippen molar-refractivity contribution in [3.05, 3.63) is 47.3 Å². The Kier molecular flexibility index (Phi) is 4.80. The Morgan fingerprint density at radius 1 is 1.19 bits per heavy atom. The fourth-order valence-electron chi connectivity index (χ4n) is 2.21. The second-order valence-corrected chi connectivity index (χ2v) is 6.98. The first-order valence-corrected chi connectivity index (χ1v) is 8.44. The molecule has 1 aromatic carbocycles. The van der Waals surface area contributed by atoms with Crippen LogP contribution in [0.4, 0.5) is 0 Å². The van der Waals surface area contributed by atoms with E-state index in [1.54, 1.807) is 6.07 Å². The van der Waals surface area contributed by atoms with Crippen LogP contribution in [0.15, 0.2) is 35.4 Å². The molecule has 0 atom stereocenters. The van der Waals surface area contributed by atoms with E-state index in [9.17, 15) is 8.42 Å². The van der Waals surface area contributed by atoms with Gasteiger partial charge in [0.1, 0.15) is 0 Å². The van der Waals surface area contributed by atoms with Gasteiger partial charge in [0.15, 0.2) is 0 Å². The van der Waals surface area contributed by atoms with Crippen LogP contribution in [-0.2, 0) is 16.6 Å². The van der Waals surface area contributed by atoms with E-state index in [4.69, 9.17) is 0 Å². The first-order valence-electron chi connectivity index (χ1n) is 6.95. The molecule has 0 unspecified atom stereocenters. The zero-order valence-corrected chi connectivity index (χ0v) is 13.4. The number of nitrogens with zero attached hydrogens (tertiary/aromatic N) is 2. The van der Waals surface area contributed by atoms with Crippen LogP contribution in [0.5, 0.6) is 0 Å². The predicted molar refractivity (Wildman–Crippen MR) is 82.7 cm³/mol. The van der Waals surface area contributed by atoms with Crippen LogP contribution >= 0.6 is 0 Å². The lowest BCUT2D eigenvalue weighted by atomic mass is 10.2. The molecule has 6 heteroatoms. The minimum absolute atomic E-state index is 0.350. The largest absolute Gasteiger partial charge is 0.272 e. The van der Waals surface area contributed by atoms with E-state index in [2.05, 4.69) is 9.82 Å². The molecule has 2 rings (SSSR count). The maximum absolute atomic E-state index is 12.2. The molecule has 5 nitrogen and oxygen atoms in total. The van der Waals surface area contributed by atoms with Crippen LogP contribution < -0.4 is 4.72 Å². The molecule has 1 heterocycles. The quantitative estimate of drug-likeness (QED) is 0.832. The number of sulfonamides is 1. The number of hydrogen-bond acceptors (Lipinski definition) is 3. The van der Waals surface area contributed by atoms with Crippen molar-refractivity contribution in [1.82, 2.24) is 14.5 Å². The van der Waals surface area contributed by atoms with Crippen LogP contribution in [0.1, 0.15) is 23.2 Å². The van der Waals surface area contributed by atoms with Gasteiger partial charge in [-0.1, -0.05) is 17.7 Å². The molecule has 0 bridgehead atoms. The van der Waals surface area contributed by atoms with E-state index in [0.717, 1.165) is 16.8 Å². The van der Waals surface area contributed by atoms with Crippen molar-refractivity contribution in [3.63, 3.8) is 0 Å². The van der Waals surface area contributed by atoms with Crippen molar-refractivity contribution in [3.8, 4) is 0 Å². The van der Waals surface area contributed by atoms with Crippen LogP contribution in [0.25, 0.3) is 0 Å². The highest BCUT2D eigenvalue weighted by Crippen LogP contribution is 2.16. The zero-order chi connectivity index (χ0) is 15.5. The molecule has 0 aliphatic carbocycles. The monoisotopic (exact) mass is 307 g/mol. The Morgan fingerprint density at radius 3 is 2.57 bits per heavy atom. The minimum Gasteiger partial charge on any atom is -0.272 e. The van der Waals surface area contributed by atoms with Crippen LogP contribution in [0, 0.1) is 20.8 Å². The molecule has 0 aliphatic rings. The summed E-state index contributed by atoms with van der Waals surface area (Å²) in [5.41, 5.74) is 2.79. The van der Waals surface area contributed by atoms with E-state index < -0.39 is 10.0 Å². The topological polar surface area (TPSA) is 64.0 Å². The number of hydrogen-bond donors (Lipinski definition) is 1. The average molecular weight is 307 g/mol. The van der Waals surface area contributed by atoms with E-state index in [1.165, 1.54) is 0 Å². The highest BCUT2D eigenvalue weighted by atomic mass is 32.2. The zero-order valence-electron chi connectivity index (χ0n) is 12.6. The van der Waals surface area contributed by atoms with Gasteiger partial charge in [-0.3, -0.25) is 4.68 Å². The molecule has 0 fully saturated rings. The smallest absolute Gasteiger partial charge is 0.240 e. The number of aromatic nitrogens is 2. The van der Waals surface area contributed by atoms with E-state index in [1.807, 2.05) is 49.8 Å². The highest BCUT2D eigenvalue weighted by molar-refractivity contribution is 7.89.